The van der Waals surface area contributed by atoms with Crippen molar-refractivity contribution in [1.82, 2.24) is 13.6 Å². The van der Waals surface area contributed by atoms with E-state index in [1.165, 1.54) is 24.3 Å². The van der Waals surface area contributed by atoms with Gasteiger partial charge in [-0.1, -0.05) is 44.2 Å². The van der Waals surface area contributed by atoms with Crippen LogP contribution >= 0.6 is 12.1 Å². The SMILES string of the molecule is CC(C)C(=O)n1cc(C(C)NSN(C)C)c2ccc(-c3ccccc3C(F)(F)F)cc21. The molecule has 3 aromatic rings. The predicted octanol–water partition coefficient (Wildman–Crippen LogP) is 6.40. The van der Waals surface area contributed by atoms with Gasteiger partial charge in [-0.3, -0.25) is 9.36 Å². The van der Waals surface area contributed by atoms with Gasteiger partial charge in [-0.05, 0) is 49.8 Å². The number of rotatable bonds is 6. The van der Waals surface area contributed by atoms with Crippen molar-refractivity contribution in [3.8, 4) is 11.1 Å². The number of carbonyl (C=O) groups excluding carboxylic acids is 1. The van der Waals surface area contributed by atoms with E-state index in [4.69, 9.17) is 0 Å². The number of nitrogens with one attached hydrogen (secondary N) is 1. The lowest BCUT2D eigenvalue weighted by molar-refractivity contribution is -0.137. The summed E-state index contributed by atoms with van der Waals surface area (Å²) >= 11 is 1.44. The Bertz CT molecular complexity index is 1090. The van der Waals surface area contributed by atoms with Crippen LogP contribution in [0.15, 0.2) is 48.7 Å². The summed E-state index contributed by atoms with van der Waals surface area (Å²) in [5, 5.41) is 0.835. The molecule has 0 saturated heterocycles. The second-order valence-corrected chi connectivity index (χ2v) is 9.11. The Kier molecular flexibility index (Phi) is 6.83. The molecular formula is C23H26F3N3OS. The van der Waals surface area contributed by atoms with Gasteiger partial charge in [0.25, 0.3) is 0 Å². The van der Waals surface area contributed by atoms with Crippen LogP contribution in [0, 0.1) is 5.92 Å². The monoisotopic (exact) mass is 449 g/mol. The minimum Gasteiger partial charge on any atom is -0.287 e. The fourth-order valence-corrected chi connectivity index (χ4v) is 3.95. The van der Waals surface area contributed by atoms with Crippen molar-refractivity contribution < 1.29 is 18.0 Å². The highest BCUT2D eigenvalue weighted by molar-refractivity contribution is 7.95. The molecule has 4 nitrogen and oxygen atoms in total. The summed E-state index contributed by atoms with van der Waals surface area (Å²) in [6.07, 6.45) is -2.67. The maximum absolute atomic E-state index is 13.5. The molecular weight excluding hydrogens is 423 g/mol. The number of hydrogen-bond acceptors (Lipinski definition) is 4. The Labute approximate surface area is 184 Å². The first kappa shape index (κ1) is 23.4. The first-order valence-electron chi connectivity index (χ1n) is 9.96. The summed E-state index contributed by atoms with van der Waals surface area (Å²) in [6, 6.07) is 10.6. The highest BCUT2D eigenvalue weighted by Gasteiger charge is 2.33. The molecule has 0 spiro atoms. The molecule has 0 radical (unpaired) electrons. The van der Waals surface area contributed by atoms with E-state index in [1.54, 1.807) is 48.9 Å². The molecule has 0 amide bonds. The number of halogens is 3. The van der Waals surface area contributed by atoms with Crippen LogP contribution in [0.25, 0.3) is 22.0 Å². The Morgan fingerprint density at radius 1 is 1.10 bits per heavy atom. The second kappa shape index (κ2) is 9.06. The number of nitrogens with zero attached hydrogens (tertiary/aromatic N) is 2. The number of hydrogen-bond donors (Lipinski definition) is 1. The number of carbonyl (C=O) groups is 1. The average Bonchev–Trinajstić information content (AvgIpc) is 3.09. The Balaban J connectivity index is 2.18. The van der Waals surface area contributed by atoms with Gasteiger partial charge in [-0.25, -0.2) is 9.03 Å². The van der Waals surface area contributed by atoms with Gasteiger partial charge in [-0.15, -0.1) is 0 Å². The van der Waals surface area contributed by atoms with Gasteiger partial charge in [-0.2, -0.15) is 13.2 Å². The van der Waals surface area contributed by atoms with Gasteiger partial charge in [0.2, 0.25) is 5.91 Å². The molecule has 2 aromatic carbocycles. The van der Waals surface area contributed by atoms with E-state index in [0.29, 0.717) is 11.1 Å². The molecule has 1 N–H and O–H groups in total. The van der Waals surface area contributed by atoms with Crippen molar-refractivity contribution in [2.24, 2.45) is 5.92 Å². The summed E-state index contributed by atoms with van der Waals surface area (Å²) < 4.78 is 47.4. The van der Waals surface area contributed by atoms with Gasteiger partial charge in [0.15, 0.2) is 0 Å². The van der Waals surface area contributed by atoms with Gasteiger partial charge in [0.05, 0.1) is 11.1 Å². The Hall–Kier alpha value is -2.29. The smallest absolute Gasteiger partial charge is 0.287 e. The molecule has 0 saturated carbocycles. The number of aromatic nitrogens is 1. The molecule has 1 atom stereocenters. The Morgan fingerprint density at radius 2 is 1.77 bits per heavy atom. The summed E-state index contributed by atoms with van der Waals surface area (Å²) in [5.74, 6) is -0.362. The molecule has 0 bridgehead atoms. The molecule has 0 aliphatic heterocycles. The standard InChI is InChI=1S/C23H26F3N3OS/c1-14(2)22(30)29-13-19(15(3)27-31-28(4)5)18-11-10-16(12-21(18)29)17-8-6-7-9-20(17)23(24,25)26/h6-15,27H,1-5H3. The van der Waals surface area contributed by atoms with E-state index in [9.17, 15) is 18.0 Å². The van der Waals surface area contributed by atoms with Crippen LogP contribution in [0.4, 0.5) is 13.2 Å². The maximum atomic E-state index is 13.5. The summed E-state index contributed by atoms with van der Waals surface area (Å²) in [4.78, 5) is 12.9. The molecule has 0 fully saturated rings. The molecule has 1 aromatic heterocycles. The molecule has 3 rings (SSSR count). The summed E-state index contributed by atoms with van der Waals surface area (Å²) in [7, 11) is 3.83. The van der Waals surface area contributed by atoms with E-state index < -0.39 is 11.7 Å². The Morgan fingerprint density at radius 3 is 2.39 bits per heavy atom. The summed E-state index contributed by atoms with van der Waals surface area (Å²) in [5.41, 5.74) is 1.34. The zero-order chi connectivity index (χ0) is 22.9. The number of benzene rings is 2. The highest BCUT2D eigenvalue weighted by Crippen LogP contribution is 2.39. The van der Waals surface area contributed by atoms with Crippen LogP contribution < -0.4 is 4.72 Å². The predicted molar refractivity (Wildman–Crippen MR) is 121 cm³/mol. The molecule has 31 heavy (non-hydrogen) atoms. The van der Waals surface area contributed by atoms with E-state index >= 15 is 0 Å². The minimum absolute atomic E-state index is 0.0792. The highest BCUT2D eigenvalue weighted by atomic mass is 32.2. The number of alkyl halides is 3. The topological polar surface area (TPSA) is 37.3 Å². The van der Waals surface area contributed by atoms with Crippen molar-refractivity contribution in [3.05, 3.63) is 59.8 Å². The lowest BCUT2D eigenvalue weighted by Gasteiger charge is -2.16. The lowest BCUT2D eigenvalue weighted by atomic mass is 9.97. The average molecular weight is 450 g/mol. The zero-order valence-electron chi connectivity index (χ0n) is 18.1. The van der Waals surface area contributed by atoms with Crippen LogP contribution in [-0.4, -0.2) is 28.9 Å². The molecule has 166 valence electrons. The van der Waals surface area contributed by atoms with Crippen LogP contribution in [0.3, 0.4) is 0 Å². The van der Waals surface area contributed by atoms with E-state index in [2.05, 4.69) is 4.72 Å². The van der Waals surface area contributed by atoms with Gasteiger partial charge in [0.1, 0.15) is 0 Å². The van der Waals surface area contributed by atoms with Gasteiger partial charge < -0.3 is 0 Å². The second-order valence-electron chi connectivity index (χ2n) is 7.97. The van der Waals surface area contributed by atoms with E-state index in [-0.39, 0.29) is 23.4 Å². The van der Waals surface area contributed by atoms with E-state index in [1.807, 2.05) is 25.3 Å². The first-order chi connectivity index (χ1) is 14.5. The third-order valence-electron chi connectivity index (χ3n) is 4.99. The minimum atomic E-state index is -4.46. The maximum Gasteiger partial charge on any atom is 0.417 e. The van der Waals surface area contributed by atoms with Crippen molar-refractivity contribution in [1.29, 1.82) is 0 Å². The molecule has 8 heteroatoms. The molecule has 1 unspecified atom stereocenters. The normalized spacial score (nSPS) is 13.4. The van der Waals surface area contributed by atoms with Crippen LogP contribution in [-0.2, 0) is 6.18 Å². The van der Waals surface area contributed by atoms with Crippen LogP contribution in [0.5, 0.6) is 0 Å². The van der Waals surface area contributed by atoms with Crippen LogP contribution in [0.1, 0.15) is 42.7 Å². The van der Waals surface area contributed by atoms with Crippen molar-refractivity contribution in [2.45, 2.75) is 33.0 Å². The molecule has 1 heterocycles. The first-order valence-corrected chi connectivity index (χ1v) is 10.7. The fraction of sp³-hybridized carbons (Fsp3) is 0.348. The largest absolute Gasteiger partial charge is 0.417 e. The van der Waals surface area contributed by atoms with E-state index in [0.717, 1.165) is 17.0 Å². The summed E-state index contributed by atoms with van der Waals surface area (Å²) in [6.45, 7) is 5.60. The van der Waals surface area contributed by atoms with Crippen molar-refractivity contribution in [2.75, 3.05) is 14.1 Å². The van der Waals surface area contributed by atoms with Gasteiger partial charge in [0, 0.05) is 35.7 Å². The third-order valence-corrected chi connectivity index (χ3v) is 5.81. The molecule has 0 aliphatic carbocycles. The van der Waals surface area contributed by atoms with Crippen molar-refractivity contribution in [3.63, 3.8) is 0 Å². The molecule has 0 aliphatic rings. The van der Waals surface area contributed by atoms with Gasteiger partial charge >= 0.3 is 6.18 Å². The lowest BCUT2D eigenvalue weighted by Crippen LogP contribution is -2.17. The zero-order valence-corrected chi connectivity index (χ0v) is 18.9. The van der Waals surface area contributed by atoms with Crippen LogP contribution in [0.2, 0.25) is 0 Å². The van der Waals surface area contributed by atoms with Crippen molar-refractivity contribution >= 4 is 28.9 Å². The number of fused-ring (bicyclic) bond motifs is 1. The fourth-order valence-electron chi connectivity index (χ4n) is 3.46. The third kappa shape index (κ3) is 4.97. The quantitative estimate of drug-likeness (QED) is 0.442.